The van der Waals surface area contributed by atoms with Gasteiger partial charge in [-0.25, -0.2) is 4.98 Å². The Hall–Kier alpha value is -1.80. The molecule has 1 aliphatic rings. The Morgan fingerprint density at radius 1 is 1.61 bits per heavy atom. The molecule has 2 heterocycles. The predicted octanol–water partition coefficient (Wildman–Crippen LogP) is 1.07. The van der Waals surface area contributed by atoms with Gasteiger partial charge in [0.25, 0.3) is 0 Å². The van der Waals surface area contributed by atoms with Crippen LogP contribution in [-0.2, 0) is 0 Å². The molecule has 0 aliphatic carbocycles. The van der Waals surface area contributed by atoms with Gasteiger partial charge >= 0.3 is 0 Å². The maximum absolute atomic E-state index is 8.93. The van der Waals surface area contributed by atoms with Gasteiger partial charge in [0.1, 0.15) is 11.9 Å². The van der Waals surface area contributed by atoms with Gasteiger partial charge in [-0.2, -0.15) is 5.26 Å². The minimum absolute atomic E-state index is 0.305. The van der Waals surface area contributed by atoms with Crippen LogP contribution in [0, 0.1) is 11.3 Å². The summed E-state index contributed by atoms with van der Waals surface area (Å²) in [6.07, 6.45) is 2.48. The molecular formula is C13H19N5. The topological polar surface area (TPSA) is 69.2 Å². The molecule has 0 aromatic carbocycles. The zero-order valence-electron chi connectivity index (χ0n) is 10.9. The number of likely N-dealkylation sites (N-methyl/N-ethyl adjacent to an activating group) is 2. The molecule has 1 unspecified atom stereocenters. The van der Waals surface area contributed by atoms with Crippen LogP contribution in [0.4, 0.5) is 11.5 Å². The molecule has 1 fully saturated rings. The van der Waals surface area contributed by atoms with Crippen molar-refractivity contribution in [2.45, 2.75) is 18.9 Å². The average molecular weight is 245 g/mol. The first-order valence-corrected chi connectivity index (χ1v) is 6.20. The van der Waals surface area contributed by atoms with Crippen molar-refractivity contribution < 1.29 is 0 Å². The van der Waals surface area contributed by atoms with Crippen LogP contribution >= 0.6 is 0 Å². The molecule has 18 heavy (non-hydrogen) atoms. The summed E-state index contributed by atoms with van der Waals surface area (Å²) in [5, 5.41) is 8.93. The Morgan fingerprint density at radius 3 is 3.00 bits per heavy atom. The first-order valence-electron chi connectivity index (χ1n) is 6.20. The molecule has 5 heteroatoms. The molecule has 96 valence electrons. The summed E-state index contributed by atoms with van der Waals surface area (Å²) in [7, 11) is 4.16. The quantitative estimate of drug-likeness (QED) is 0.862. The Bertz CT molecular complexity index is 465. The Balaban J connectivity index is 2.09. The minimum Gasteiger partial charge on any atom is -0.396 e. The number of nitriles is 1. The van der Waals surface area contributed by atoms with E-state index >= 15 is 0 Å². The third-order valence-electron chi connectivity index (χ3n) is 3.56. The SMILES string of the molecule is CN(CC1CCCN1C)c1ccc(N)c(C#N)n1. The molecule has 0 spiro atoms. The number of pyridine rings is 1. The van der Waals surface area contributed by atoms with Gasteiger partial charge in [-0.3, -0.25) is 0 Å². The van der Waals surface area contributed by atoms with E-state index in [4.69, 9.17) is 11.0 Å². The average Bonchev–Trinajstić information content (AvgIpc) is 2.75. The molecular weight excluding hydrogens is 226 g/mol. The Morgan fingerprint density at radius 2 is 2.39 bits per heavy atom. The van der Waals surface area contributed by atoms with Gasteiger partial charge in [-0.05, 0) is 38.6 Å². The van der Waals surface area contributed by atoms with Gasteiger partial charge in [-0.1, -0.05) is 0 Å². The number of nitrogens with two attached hydrogens (primary N) is 1. The van der Waals surface area contributed by atoms with E-state index in [0.717, 1.165) is 18.9 Å². The van der Waals surface area contributed by atoms with Crippen LogP contribution in [0.2, 0.25) is 0 Å². The molecule has 0 amide bonds. The van der Waals surface area contributed by atoms with Crippen molar-refractivity contribution in [2.75, 3.05) is 37.8 Å². The van der Waals surface area contributed by atoms with Crippen LogP contribution in [0.3, 0.4) is 0 Å². The third kappa shape index (κ3) is 2.54. The molecule has 1 aromatic heterocycles. The normalized spacial score (nSPS) is 19.7. The van der Waals surface area contributed by atoms with E-state index in [0.29, 0.717) is 17.4 Å². The lowest BCUT2D eigenvalue weighted by Crippen LogP contribution is -2.37. The number of hydrogen-bond donors (Lipinski definition) is 1. The number of rotatable bonds is 3. The summed E-state index contributed by atoms with van der Waals surface area (Å²) in [4.78, 5) is 8.74. The Labute approximate surface area is 108 Å². The van der Waals surface area contributed by atoms with Gasteiger partial charge in [0, 0.05) is 19.6 Å². The van der Waals surface area contributed by atoms with Crippen molar-refractivity contribution in [3.8, 4) is 6.07 Å². The van der Waals surface area contributed by atoms with Crippen LogP contribution in [0.15, 0.2) is 12.1 Å². The van der Waals surface area contributed by atoms with E-state index in [2.05, 4.69) is 21.8 Å². The molecule has 5 nitrogen and oxygen atoms in total. The highest BCUT2D eigenvalue weighted by Crippen LogP contribution is 2.19. The van der Waals surface area contributed by atoms with Crippen LogP contribution < -0.4 is 10.6 Å². The lowest BCUT2D eigenvalue weighted by Gasteiger charge is -2.26. The number of likely N-dealkylation sites (tertiary alicyclic amines) is 1. The van der Waals surface area contributed by atoms with Crippen LogP contribution in [0.25, 0.3) is 0 Å². The molecule has 0 saturated carbocycles. The molecule has 0 radical (unpaired) electrons. The number of nitrogens with zero attached hydrogens (tertiary/aromatic N) is 4. The third-order valence-corrected chi connectivity index (χ3v) is 3.56. The second kappa shape index (κ2) is 5.23. The van der Waals surface area contributed by atoms with E-state index in [1.54, 1.807) is 6.07 Å². The molecule has 2 N–H and O–H groups in total. The molecule has 0 bridgehead atoms. The van der Waals surface area contributed by atoms with E-state index in [-0.39, 0.29) is 0 Å². The minimum atomic E-state index is 0.305. The second-order valence-corrected chi connectivity index (χ2v) is 4.88. The van der Waals surface area contributed by atoms with E-state index in [1.807, 2.05) is 19.2 Å². The summed E-state index contributed by atoms with van der Waals surface area (Å²) in [6.45, 7) is 2.09. The molecule has 1 saturated heterocycles. The number of nitrogen functional groups attached to an aromatic ring is 1. The van der Waals surface area contributed by atoms with Crippen LogP contribution in [-0.4, -0.2) is 43.1 Å². The summed E-state index contributed by atoms with van der Waals surface area (Å²) < 4.78 is 0. The highest BCUT2D eigenvalue weighted by Gasteiger charge is 2.22. The lowest BCUT2D eigenvalue weighted by molar-refractivity contribution is 0.314. The summed E-state index contributed by atoms with van der Waals surface area (Å²) in [5.74, 6) is 0.807. The van der Waals surface area contributed by atoms with Gasteiger partial charge in [0.05, 0.1) is 5.69 Å². The van der Waals surface area contributed by atoms with Crippen molar-refractivity contribution in [1.29, 1.82) is 5.26 Å². The van der Waals surface area contributed by atoms with Crippen molar-refractivity contribution in [1.82, 2.24) is 9.88 Å². The monoisotopic (exact) mass is 245 g/mol. The summed E-state index contributed by atoms with van der Waals surface area (Å²) >= 11 is 0. The lowest BCUT2D eigenvalue weighted by atomic mass is 10.2. The molecule has 1 aromatic rings. The van der Waals surface area contributed by atoms with Crippen molar-refractivity contribution in [2.24, 2.45) is 0 Å². The fraction of sp³-hybridized carbons (Fsp3) is 0.538. The van der Waals surface area contributed by atoms with Crippen molar-refractivity contribution >= 4 is 11.5 Å². The van der Waals surface area contributed by atoms with E-state index in [9.17, 15) is 0 Å². The first-order chi connectivity index (χ1) is 8.61. The smallest absolute Gasteiger partial charge is 0.165 e. The second-order valence-electron chi connectivity index (χ2n) is 4.88. The zero-order chi connectivity index (χ0) is 13.1. The predicted molar refractivity (Wildman–Crippen MR) is 72.3 cm³/mol. The van der Waals surface area contributed by atoms with Crippen molar-refractivity contribution in [3.63, 3.8) is 0 Å². The highest BCUT2D eigenvalue weighted by atomic mass is 15.2. The first kappa shape index (κ1) is 12.7. The number of anilines is 2. The Kier molecular flexibility index (Phi) is 3.68. The molecule has 1 atom stereocenters. The number of aromatic nitrogens is 1. The maximum atomic E-state index is 8.93. The van der Waals surface area contributed by atoms with Gasteiger partial charge < -0.3 is 15.5 Å². The van der Waals surface area contributed by atoms with Gasteiger partial charge in [0.2, 0.25) is 0 Å². The van der Waals surface area contributed by atoms with Crippen molar-refractivity contribution in [3.05, 3.63) is 17.8 Å². The highest BCUT2D eigenvalue weighted by molar-refractivity contribution is 5.55. The fourth-order valence-electron chi connectivity index (χ4n) is 2.38. The molecule has 1 aliphatic heterocycles. The van der Waals surface area contributed by atoms with E-state index < -0.39 is 0 Å². The fourth-order valence-corrected chi connectivity index (χ4v) is 2.38. The number of hydrogen-bond acceptors (Lipinski definition) is 5. The van der Waals surface area contributed by atoms with Crippen LogP contribution in [0.5, 0.6) is 0 Å². The van der Waals surface area contributed by atoms with Crippen LogP contribution in [0.1, 0.15) is 18.5 Å². The summed E-state index contributed by atoms with van der Waals surface area (Å²) in [6, 6.07) is 6.20. The largest absolute Gasteiger partial charge is 0.396 e. The standard InChI is InChI=1S/C13H19N5/c1-17-7-3-4-10(17)9-18(2)13-6-5-11(15)12(8-14)16-13/h5-6,10H,3-4,7,9,15H2,1-2H3. The van der Waals surface area contributed by atoms with E-state index in [1.165, 1.54) is 12.8 Å². The maximum Gasteiger partial charge on any atom is 0.165 e. The summed E-state index contributed by atoms with van der Waals surface area (Å²) in [5.41, 5.74) is 6.42. The molecule has 2 rings (SSSR count). The van der Waals surface area contributed by atoms with Gasteiger partial charge in [-0.15, -0.1) is 0 Å². The van der Waals surface area contributed by atoms with Gasteiger partial charge in [0.15, 0.2) is 5.69 Å². The zero-order valence-corrected chi connectivity index (χ0v) is 10.9.